The number of anilines is 1. The van der Waals surface area contributed by atoms with Gasteiger partial charge in [-0.3, -0.25) is 4.79 Å². The van der Waals surface area contributed by atoms with Crippen LogP contribution < -0.4 is 11.1 Å². The van der Waals surface area contributed by atoms with E-state index < -0.39 is 0 Å². The van der Waals surface area contributed by atoms with Gasteiger partial charge in [0.2, 0.25) is 5.91 Å². The highest BCUT2D eigenvalue weighted by Gasteiger charge is 2.40. The van der Waals surface area contributed by atoms with Crippen LogP contribution >= 0.6 is 0 Å². The van der Waals surface area contributed by atoms with Gasteiger partial charge in [-0.25, -0.2) is 0 Å². The molecule has 1 aromatic rings. The van der Waals surface area contributed by atoms with E-state index in [1.54, 1.807) is 6.07 Å². The largest absolute Gasteiger partial charge is 0.381 e. The van der Waals surface area contributed by atoms with Gasteiger partial charge < -0.3 is 11.1 Å². The standard InChI is InChI=1S/C15H18N2O/c1-9-7-11(15(16)18)5-6-13(9)17-14-8-10-3-2-4-12(10)14/h2,4-7,10,12,14,17H,3,8H2,1H3,(H2,16,18). The van der Waals surface area contributed by atoms with Crippen LogP contribution in [0.1, 0.15) is 28.8 Å². The summed E-state index contributed by atoms with van der Waals surface area (Å²) in [4.78, 5) is 11.1. The third-order valence-corrected chi connectivity index (χ3v) is 4.21. The first kappa shape index (κ1) is 11.3. The smallest absolute Gasteiger partial charge is 0.248 e. The average Bonchev–Trinajstić information content (AvgIpc) is 2.69. The number of benzene rings is 1. The van der Waals surface area contributed by atoms with Gasteiger partial charge in [0.25, 0.3) is 0 Å². The van der Waals surface area contributed by atoms with Crippen LogP contribution in [0.5, 0.6) is 0 Å². The van der Waals surface area contributed by atoms with E-state index in [1.165, 1.54) is 12.8 Å². The summed E-state index contributed by atoms with van der Waals surface area (Å²) in [5.41, 5.74) is 8.04. The van der Waals surface area contributed by atoms with Gasteiger partial charge in [0.05, 0.1) is 0 Å². The molecule has 0 spiro atoms. The van der Waals surface area contributed by atoms with Crippen molar-refractivity contribution in [3.05, 3.63) is 41.5 Å². The minimum Gasteiger partial charge on any atom is -0.381 e. The third kappa shape index (κ3) is 1.80. The monoisotopic (exact) mass is 242 g/mol. The predicted molar refractivity (Wildman–Crippen MR) is 72.5 cm³/mol. The summed E-state index contributed by atoms with van der Waals surface area (Å²) in [6, 6.07) is 6.15. The lowest BCUT2D eigenvalue weighted by Gasteiger charge is -2.41. The maximum absolute atomic E-state index is 11.1. The van der Waals surface area contributed by atoms with E-state index in [4.69, 9.17) is 5.73 Å². The van der Waals surface area contributed by atoms with Crippen molar-refractivity contribution in [2.75, 3.05) is 5.32 Å². The molecule has 0 radical (unpaired) electrons. The maximum atomic E-state index is 11.1. The van der Waals surface area contributed by atoms with Crippen molar-refractivity contribution in [1.82, 2.24) is 0 Å². The molecule has 3 heteroatoms. The summed E-state index contributed by atoms with van der Waals surface area (Å²) in [7, 11) is 0. The van der Waals surface area contributed by atoms with Crippen LogP contribution in [-0.4, -0.2) is 11.9 Å². The number of primary amides is 1. The predicted octanol–water partition coefficient (Wildman–Crippen LogP) is 2.47. The summed E-state index contributed by atoms with van der Waals surface area (Å²) in [5, 5.41) is 3.58. The summed E-state index contributed by atoms with van der Waals surface area (Å²) >= 11 is 0. The molecule has 0 bridgehead atoms. The minimum atomic E-state index is -0.368. The van der Waals surface area contributed by atoms with Crippen LogP contribution in [-0.2, 0) is 0 Å². The Kier molecular flexibility index (Phi) is 2.62. The van der Waals surface area contributed by atoms with Gasteiger partial charge in [-0.2, -0.15) is 0 Å². The van der Waals surface area contributed by atoms with Gasteiger partial charge in [-0.15, -0.1) is 0 Å². The second-order valence-corrected chi connectivity index (χ2v) is 5.38. The third-order valence-electron chi connectivity index (χ3n) is 4.21. The number of fused-ring (bicyclic) bond motifs is 1. The molecule has 18 heavy (non-hydrogen) atoms. The van der Waals surface area contributed by atoms with Crippen LogP contribution in [0.15, 0.2) is 30.4 Å². The van der Waals surface area contributed by atoms with Crippen molar-refractivity contribution in [1.29, 1.82) is 0 Å². The van der Waals surface area contributed by atoms with Crippen LogP contribution in [0.2, 0.25) is 0 Å². The number of allylic oxidation sites excluding steroid dienone is 1. The van der Waals surface area contributed by atoms with Crippen molar-refractivity contribution < 1.29 is 4.79 Å². The Morgan fingerprint density at radius 2 is 2.28 bits per heavy atom. The van der Waals surface area contributed by atoms with Crippen molar-refractivity contribution in [3.63, 3.8) is 0 Å². The summed E-state index contributed by atoms with van der Waals surface area (Å²) in [6.45, 7) is 2.01. The second kappa shape index (κ2) is 4.16. The number of carbonyl (C=O) groups excluding carboxylic acids is 1. The first-order valence-corrected chi connectivity index (χ1v) is 6.49. The number of amides is 1. The topological polar surface area (TPSA) is 55.1 Å². The highest BCUT2D eigenvalue weighted by molar-refractivity contribution is 5.93. The van der Waals surface area contributed by atoms with Gasteiger partial charge in [-0.1, -0.05) is 12.2 Å². The lowest BCUT2D eigenvalue weighted by atomic mass is 9.71. The first-order chi connectivity index (χ1) is 8.65. The normalized spacial score (nSPS) is 28.6. The van der Waals surface area contributed by atoms with Crippen molar-refractivity contribution in [2.24, 2.45) is 17.6 Å². The van der Waals surface area contributed by atoms with Gasteiger partial charge in [-0.05, 0) is 49.4 Å². The first-order valence-electron chi connectivity index (χ1n) is 6.49. The highest BCUT2D eigenvalue weighted by atomic mass is 16.1. The van der Waals surface area contributed by atoms with E-state index in [0.717, 1.165) is 17.2 Å². The van der Waals surface area contributed by atoms with Crippen LogP contribution in [0.25, 0.3) is 0 Å². The van der Waals surface area contributed by atoms with Gasteiger partial charge in [0, 0.05) is 23.2 Å². The summed E-state index contributed by atoms with van der Waals surface area (Å²) in [5.74, 6) is 1.18. The molecular weight excluding hydrogens is 224 g/mol. The number of hydrogen-bond donors (Lipinski definition) is 2. The molecule has 3 N–H and O–H groups in total. The Morgan fingerprint density at radius 1 is 1.44 bits per heavy atom. The van der Waals surface area contributed by atoms with Gasteiger partial charge in [0.1, 0.15) is 0 Å². The molecular formula is C15H18N2O. The average molecular weight is 242 g/mol. The zero-order chi connectivity index (χ0) is 12.7. The number of nitrogens with one attached hydrogen (secondary N) is 1. The Morgan fingerprint density at radius 3 is 2.94 bits per heavy atom. The van der Waals surface area contributed by atoms with Crippen LogP contribution in [0, 0.1) is 18.8 Å². The summed E-state index contributed by atoms with van der Waals surface area (Å²) < 4.78 is 0. The van der Waals surface area contributed by atoms with Crippen LogP contribution in [0.4, 0.5) is 5.69 Å². The molecule has 0 aromatic heterocycles. The maximum Gasteiger partial charge on any atom is 0.248 e. The zero-order valence-electron chi connectivity index (χ0n) is 10.5. The quantitative estimate of drug-likeness (QED) is 0.800. The molecule has 1 amide bonds. The molecule has 94 valence electrons. The van der Waals surface area contributed by atoms with Crippen molar-refractivity contribution >= 4 is 11.6 Å². The molecule has 0 saturated heterocycles. The van der Waals surface area contributed by atoms with Gasteiger partial charge >= 0.3 is 0 Å². The SMILES string of the molecule is Cc1cc(C(N)=O)ccc1NC1CC2CC=CC21. The Labute approximate surface area is 107 Å². The minimum absolute atomic E-state index is 0.368. The molecule has 1 saturated carbocycles. The fourth-order valence-electron chi connectivity index (χ4n) is 3.06. The molecule has 2 aliphatic rings. The molecule has 3 nitrogen and oxygen atoms in total. The van der Waals surface area contributed by atoms with Crippen molar-refractivity contribution in [2.45, 2.75) is 25.8 Å². The van der Waals surface area contributed by atoms with Crippen LogP contribution in [0.3, 0.4) is 0 Å². The summed E-state index contributed by atoms with van der Waals surface area (Å²) in [6.07, 6.45) is 7.11. The molecule has 3 rings (SSSR count). The molecule has 1 aromatic carbocycles. The number of aryl methyl sites for hydroxylation is 1. The number of carbonyl (C=O) groups is 1. The lowest BCUT2D eigenvalue weighted by molar-refractivity contribution is 0.1000. The Balaban J connectivity index is 1.73. The molecule has 2 aliphatic carbocycles. The van der Waals surface area contributed by atoms with E-state index in [2.05, 4.69) is 17.5 Å². The number of rotatable bonds is 3. The highest BCUT2D eigenvalue weighted by Crippen LogP contribution is 2.44. The number of hydrogen-bond acceptors (Lipinski definition) is 2. The molecule has 0 heterocycles. The van der Waals surface area contributed by atoms with Crippen molar-refractivity contribution in [3.8, 4) is 0 Å². The zero-order valence-corrected chi connectivity index (χ0v) is 10.5. The molecule has 3 unspecified atom stereocenters. The van der Waals surface area contributed by atoms with E-state index in [-0.39, 0.29) is 5.91 Å². The molecule has 3 atom stereocenters. The van der Waals surface area contributed by atoms with E-state index in [0.29, 0.717) is 17.5 Å². The fourth-order valence-corrected chi connectivity index (χ4v) is 3.06. The van der Waals surface area contributed by atoms with E-state index >= 15 is 0 Å². The Bertz CT molecular complexity index is 521. The molecule has 1 fully saturated rings. The fraction of sp³-hybridized carbons (Fsp3) is 0.400. The number of nitrogens with two attached hydrogens (primary N) is 1. The van der Waals surface area contributed by atoms with E-state index in [1.807, 2.05) is 19.1 Å². The second-order valence-electron chi connectivity index (χ2n) is 5.38. The Hall–Kier alpha value is -1.77. The molecule has 0 aliphatic heterocycles. The van der Waals surface area contributed by atoms with Gasteiger partial charge in [0.15, 0.2) is 0 Å². The van der Waals surface area contributed by atoms with E-state index in [9.17, 15) is 4.79 Å². The lowest BCUT2D eigenvalue weighted by Crippen LogP contribution is -2.43.